The van der Waals surface area contributed by atoms with E-state index < -0.39 is 0 Å². The van der Waals surface area contributed by atoms with Crippen LogP contribution in [0.4, 0.5) is 0 Å². The average Bonchev–Trinajstić information content (AvgIpc) is 2.87. The van der Waals surface area contributed by atoms with Crippen LogP contribution in [0.15, 0.2) is 17.5 Å². The molecule has 1 N–H and O–H groups in total. The fraction of sp³-hybridized carbons (Fsp3) is 0.643. The zero-order valence-electron chi connectivity index (χ0n) is 11.4. The molecule has 0 spiro atoms. The van der Waals surface area contributed by atoms with Gasteiger partial charge in [-0.15, -0.1) is 11.3 Å². The summed E-state index contributed by atoms with van der Waals surface area (Å²) in [7, 11) is 0. The highest BCUT2D eigenvalue weighted by atomic mass is 32.1. The minimum absolute atomic E-state index is 0.122. The van der Waals surface area contributed by atoms with Gasteiger partial charge in [-0.2, -0.15) is 0 Å². The van der Waals surface area contributed by atoms with Crippen LogP contribution in [0.3, 0.4) is 0 Å². The first-order valence-corrected chi connectivity index (χ1v) is 7.53. The molecular weight excluding hydrogens is 246 g/mol. The Balaban J connectivity index is 2.61. The third-order valence-corrected chi connectivity index (χ3v) is 4.01. The number of carbonyl (C=O) groups is 1. The van der Waals surface area contributed by atoms with Crippen molar-refractivity contribution < 1.29 is 9.53 Å². The van der Waals surface area contributed by atoms with Gasteiger partial charge in [-0.05, 0) is 24.3 Å². The third-order valence-electron chi connectivity index (χ3n) is 3.14. The second-order valence-electron chi connectivity index (χ2n) is 4.27. The van der Waals surface area contributed by atoms with Gasteiger partial charge in [0.15, 0.2) is 0 Å². The van der Waals surface area contributed by atoms with Crippen LogP contribution in [0.25, 0.3) is 0 Å². The summed E-state index contributed by atoms with van der Waals surface area (Å²) in [6.45, 7) is 7.26. The molecule has 0 aliphatic heterocycles. The summed E-state index contributed by atoms with van der Waals surface area (Å²) >= 11 is 1.70. The van der Waals surface area contributed by atoms with Gasteiger partial charge in [0.1, 0.15) is 6.04 Å². The van der Waals surface area contributed by atoms with Gasteiger partial charge in [-0.25, -0.2) is 0 Å². The van der Waals surface area contributed by atoms with E-state index in [2.05, 4.69) is 25.2 Å². The summed E-state index contributed by atoms with van der Waals surface area (Å²) in [4.78, 5) is 13.2. The maximum absolute atomic E-state index is 12.0. The highest BCUT2D eigenvalue weighted by molar-refractivity contribution is 7.09. The van der Waals surface area contributed by atoms with Gasteiger partial charge >= 0.3 is 5.97 Å². The summed E-state index contributed by atoms with van der Waals surface area (Å²) < 4.78 is 5.16. The van der Waals surface area contributed by atoms with Crippen molar-refractivity contribution in [3.8, 4) is 0 Å². The molecule has 1 heterocycles. The normalized spacial score (nSPS) is 12.7. The van der Waals surface area contributed by atoms with Crippen LogP contribution in [0, 0.1) is 5.92 Å². The van der Waals surface area contributed by atoms with Crippen LogP contribution in [0.5, 0.6) is 0 Å². The highest BCUT2D eigenvalue weighted by Crippen LogP contribution is 2.16. The van der Waals surface area contributed by atoms with E-state index in [1.807, 2.05) is 18.4 Å². The quantitative estimate of drug-likeness (QED) is 0.736. The first-order valence-electron chi connectivity index (χ1n) is 6.65. The molecule has 0 aromatic carbocycles. The Labute approximate surface area is 114 Å². The van der Waals surface area contributed by atoms with E-state index in [0.717, 1.165) is 19.4 Å². The van der Waals surface area contributed by atoms with Crippen LogP contribution in [0.1, 0.15) is 38.5 Å². The molecule has 1 aromatic rings. The molecule has 0 saturated heterocycles. The van der Waals surface area contributed by atoms with E-state index in [1.165, 1.54) is 4.88 Å². The smallest absolute Gasteiger partial charge is 0.323 e. The maximum atomic E-state index is 12.0. The van der Waals surface area contributed by atoms with Gasteiger partial charge in [0.2, 0.25) is 0 Å². The SMILES string of the molecule is CCOC(=O)C(NCc1cccs1)C(CC)CC. The van der Waals surface area contributed by atoms with E-state index in [-0.39, 0.29) is 12.0 Å². The molecule has 0 aliphatic carbocycles. The molecule has 0 aliphatic rings. The van der Waals surface area contributed by atoms with Crippen molar-refractivity contribution in [3.63, 3.8) is 0 Å². The summed E-state index contributed by atoms with van der Waals surface area (Å²) in [5.41, 5.74) is 0. The maximum Gasteiger partial charge on any atom is 0.323 e. The Morgan fingerprint density at radius 2 is 2.11 bits per heavy atom. The number of thiophene rings is 1. The first kappa shape index (κ1) is 15.2. The lowest BCUT2D eigenvalue weighted by molar-refractivity contribution is -0.147. The summed E-state index contributed by atoms with van der Waals surface area (Å²) in [6, 6.07) is 3.91. The molecule has 3 nitrogen and oxygen atoms in total. The second kappa shape index (κ2) is 8.27. The fourth-order valence-corrected chi connectivity index (χ4v) is 2.71. The molecule has 1 unspecified atom stereocenters. The van der Waals surface area contributed by atoms with Gasteiger partial charge in [0.05, 0.1) is 6.61 Å². The summed E-state index contributed by atoms with van der Waals surface area (Å²) in [6.07, 6.45) is 1.97. The minimum atomic E-state index is -0.193. The van der Waals surface area contributed by atoms with Crippen molar-refractivity contribution in [2.45, 2.75) is 46.2 Å². The summed E-state index contributed by atoms with van der Waals surface area (Å²) in [5, 5.41) is 5.39. The molecule has 0 bridgehead atoms. The molecule has 4 heteroatoms. The van der Waals surface area contributed by atoms with Crippen molar-refractivity contribution >= 4 is 17.3 Å². The molecule has 1 atom stereocenters. The molecule has 1 rings (SSSR count). The van der Waals surface area contributed by atoms with Gasteiger partial charge in [-0.1, -0.05) is 32.8 Å². The first-order chi connectivity index (χ1) is 8.72. The lowest BCUT2D eigenvalue weighted by atomic mass is 9.94. The molecule has 1 aromatic heterocycles. The number of rotatable bonds is 8. The van der Waals surface area contributed by atoms with Crippen LogP contribution in [-0.2, 0) is 16.1 Å². The second-order valence-corrected chi connectivity index (χ2v) is 5.30. The van der Waals surface area contributed by atoms with Gasteiger partial charge in [0, 0.05) is 11.4 Å². The minimum Gasteiger partial charge on any atom is -0.465 e. The Hall–Kier alpha value is -0.870. The molecule has 102 valence electrons. The van der Waals surface area contributed by atoms with E-state index in [4.69, 9.17) is 4.74 Å². The van der Waals surface area contributed by atoms with Crippen molar-refractivity contribution in [1.82, 2.24) is 5.32 Å². The molecular formula is C14H23NO2S. The Bertz CT molecular complexity index is 334. The van der Waals surface area contributed by atoms with Gasteiger partial charge in [-0.3, -0.25) is 10.1 Å². The predicted octanol–water partition coefficient (Wildman–Crippen LogP) is 3.21. The molecule has 0 radical (unpaired) electrons. The van der Waals surface area contributed by atoms with Gasteiger partial charge < -0.3 is 4.74 Å². The van der Waals surface area contributed by atoms with E-state index >= 15 is 0 Å². The molecule has 0 fully saturated rings. The van der Waals surface area contributed by atoms with E-state index in [9.17, 15) is 4.79 Å². The van der Waals surface area contributed by atoms with Crippen LogP contribution in [0.2, 0.25) is 0 Å². The highest BCUT2D eigenvalue weighted by Gasteiger charge is 2.26. The van der Waals surface area contributed by atoms with Crippen LogP contribution in [-0.4, -0.2) is 18.6 Å². The number of nitrogens with one attached hydrogen (secondary N) is 1. The lowest BCUT2D eigenvalue weighted by Crippen LogP contribution is -2.43. The number of hydrogen-bond donors (Lipinski definition) is 1. The molecule has 0 amide bonds. The molecule has 18 heavy (non-hydrogen) atoms. The Morgan fingerprint density at radius 3 is 2.61 bits per heavy atom. The lowest BCUT2D eigenvalue weighted by Gasteiger charge is -2.24. The van der Waals surface area contributed by atoms with Crippen LogP contribution >= 0.6 is 11.3 Å². The van der Waals surface area contributed by atoms with Crippen molar-refractivity contribution in [3.05, 3.63) is 22.4 Å². The molecule has 0 saturated carbocycles. The number of esters is 1. The predicted molar refractivity (Wildman–Crippen MR) is 75.7 cm³/mol. The summed E-state index contributed by atoms with van der Waals surface area (Å²) in [5.74, 6) is 0.215. The van der Waals surface area contributed by atoms with E-state index in [1.54, 1.807) is 11.3 Å². The number of hydrogen-bond acceptors (Lipinski definition) is 4. The number of ether oxygens (including phenoxy) is 1. The Kier molecular flexibility index (Phi) is 6.98. The van der Waals surface area contributed by atoms with Gasteiger partial charge in [0.25, 0.3) is 0 Å². The average molecular weight is 269 g/mol. The van der Waals surface area contributed by atoms with Crippen molar-refractivity contribution in [2.24, 2.45) is 5.92 Å². The third kappa shape index (κ3) is 4.42. The standard InChI is InChI=1S/C14H23NO2S/c1-4-11(5-2)13(14(16)17-6-3)15-10-12-8-7-9-18-12/h7-9,11,13,15H,4-6,10H2,1-3H3. The fourth-order valence-electron chi connectivity index (χ4n) is 2.06. The van der Waals surface area contributed by atoms with Crippen molar-refractivity contribution in [2.75, 3.05) is 6.61 Å². The zero-order valence-corrected chi connectivity index (χ0v) is 12.3. The zero-order chi connectivity index (χ0) is 13.4. The monoisotopic (exact) mass is 269 g/mol. The van der Waals surface area contributed by atoms with Crippen molar-refractivity contribution in [1.29, 1.82) is 0 Å². The van der Waals surface area contributed by atoms with E-state index in [0.29, 0.717) is 12.5 Å². The largest absolute Gasteiger partial charge is 0.465 e. The number of carbonyl (C=O) groups excluding carboxylic acids is 1. The van der Waals surface area contributed by atoms with Crippen LogP contribution < -0.4 is 5.32 Å². The topological polar surface area (TPSA) is 38.3 Å². The Morgan fingerprint density at radius 1 is 1.39 bits per heavy atom.